The second-order valence-corrected chi connectivity index (χ2v) is 4.87. The van der Waals surface area contributed by atoms with Crippen LogP contribution in [-0.4, -0.2) is 12.2 Å². The van der Waals surface area contributed by atoms with Gasteiger partial charge in [-0.15, -0.1) is 0 Å². The zero-order valence-corrected chi connectivity index (χ0v) is 11.6. The Morgan fingerprint density at radius 3 is 2.53 bits per heavy atom. The molecule has 5 heteroatoms. The van der Waals surface area contributed by atoms with Crippen molar-refractivity contribution in [3.8, 4) is 5.75 Å². The first-order valence-electron chi connectivity index (χ1n) is 5.49. The number of hydrogen-bond acceptors (Lipinski definition) is 2. The summed E-state index contributed by atoms with van der Waals surface area (Å²) in [5.41, 5.74) is 0.246. The number of hydrogen-bond donors (Lipinski definition) is 1. The van der Waals surface area contributed by atoms with Crippen molar-refractivity contribution in [2.45, 2.75) is 6.10 Å². The second-order valence-electron chi connectivity index (χ2n) is 3.95. The molecule has 100 valence electrons. The maximum absolute atomic E-state index is 13.6. The molecule has 2 rings (SSSR count). The standard InChI is InChI=1S/C14H11BrF2O2/c1-19-13-6-8(15)2-4-10(13)14(18)11-7-9(16)3-5-12(11)17/h2-7,14,18H,1H3. The van der Waals surface area contributed by atoms with Crippen molar-refractivity contribution in [3.63, 3.8) is 0 Å². The van der Waals surface area contributed by atoms with Gasteiger partial charge in [0.15, 0.2) is 0 Å². The van der Waals surface area contributed by atoms with Gasteiger partial charge in [-0.25, -0.2) is 8.78 Å². The first-order chi connectivity index (χ1) is 9.02. The third-order valence-corrected chi connectivity index (χ3v) is 3.24. The van der Waals surface area contributed by atoms with E-state index in [1.807, 2.05) is 0 Å². The van der Waals surface area contributed by atoms with E-state index in [1.54, 1.807) is 18.2 Å². The molecule has 1 unspecified atom stereocenters. The summed E-state index contributed by atoms with van der Waals surface area (Å²) in [6.45, 7) is 0. The second kappa shape index (κ2) is 5.67. The molecule has 0 aromatic heterocycles. The molecule has 19 heavy (non-hydrogen) atoms. The SMILES string of the molecule is COc1cc(Br)ccc1C(O)c1cc(F)ccc1F. The lowest BCUT2D eigenvalue weighted by Gasteiger charge is -2.16. The fraction of sp³-hybridized carbons (Fsp3) is 0.143. The Labute approximate surface area is 117 Å². The minimum atomic E-state index is -1.29. The molecule has 0 saturated carbocycles. The molecule has 2 nitrogen and oxygen atoms in total. The van der Waals surface area contributed by atoms with Gasteiger partial charge in [0.05, 0.1) is 7.11 Å². The molecule has 0 radical (unpaired) electrons. The van der Waals surface area contributed by atoms with Crippen molar-refractivity contribution < 1.29 is 18.6 Å². The van der Waals surface area contributed by atoms with Crippen LogP contribution in [0.5, 0.6) is 5.75 Å². The first-order valence-corrected chi connectivity index (χ1v) is 6.28. The van der Waals surface area contributed by atoms with Crippen LogP contribution in [-0.2, 0) is 0 Å². The average Bonchev–Trinajstić information content (AvgIpc) is 2.40. The number of methoxy groups -OCH3 is 1. The van der Waals surface area contributed by atoms with Crippen molar-refractivity contribution >= 4 is 15.9 Å². The van der Waals surface area contributed by atoms with Crippen molar-refractivity contribution in [1.82, 2.24) is 0 Å². The quantitative estimate of drug-likeness (QED) is 0.928. The number of aliphatic hydroxyl groups is 1. The number of ether oxygens (including phenoxy) is 1. The minimum Gasteiger partial charge on any atom is -0.496 e. The number of benzene rings is 2. The monoisotopic (exact) mass is 328 g/mol. The highest BCUT2D eigenvalue weighted by Gasteiger charge is 2.19. The van der Waals surface area contributed by atoms with Crippen LogP contribution in [0.25, 0.3) is 0 Å². The average molecular weight is 329 g/mol. The summed E-state index contributed by atoms with van der Waals surface area (Å²) in [5, 5.41) is 10.2. The predicted molar refractivity (Wildman–Crippen MR) is 71.1 cm³/mol. The zero-order valence-electron chi connectivity index (χ0n) is 10.0. The molecule has 0 aliphatic carbocycles. The maximum atomic E-state index is 13.6. The van der Waals surface area contributed by atoms with Crippen molar-refractivity contribution in [2.24, 2.45) is 0 Å². The molecular weight excluding hydrogens is 318 g/mol. The van der Waals surface area contributed by atoms with E-state index in [0.717, 1.165) is 22.7 Å². The summed E-state index contributed by atoms with van der Waals surface area (Å²) in [6, 6.07) is 7.90. The van der Waals surface area contributed by atoms with Crippen LogP contribution in [0.3, 0.4) is 0 Å². The van der Waals surface area contributed by atoms with E-state index in [9.17, 15) is 13.9 Å². The van der Waals surface area contributed by atoms with Crippen molar-refractivity contribution in [3.05, 3.63) is 63.6 Å². The normalized spacial score (nSPS) is 12.3. The van der Waals surface area contributed by atoms with Crippen molar-refractivity contribution in [1.29, 1.82) is 0 Å². The molecule has 2 aromatic rings. The smallest absolute Gasteiger partial charge is 0.129 e. The van der Waals surface area contributed by atoms with Gasteiger partial charge in [-0.2, -0.15) is 0 Å². The van der Waals surface area contributed by atoms with Gasteiger partial charge in [0.2, 0.25) is 0 Å². The third kappa shape index (κ3) is 2.93. The summed E-state index contributed by atoms with van der Waals surface area (Å²) in [5.74, 6) is -0.879. The highest BCUT2D eigenvalue weighted by molar-refractivity contribution is 9.10. The van der Waals surface area contributed by atoms with Crippen LogP contribution >= 0.6 is 15.9 Å². The van der Waals surface area contributed by atoms with E-state index < -0.39 is 17.7 Å². The molecule has 0 aliphatic heterocycles. The van der Waals surface area contributed by atoms with Crippen LogP contribution < -0.4 is 4.74 Å². The van der Waals surface area contributed by atoms with E-state index in [4.69, 9.17) is 4.74 Å². The van der Waals surface area contributed by atoms with Crippen molar-refractivity contribution in [2.75, 3.05) is 7.11 Å². The summed E-state index contributed by atoms with van der Waals surface area (Å²) in [4.78, 5) is 0. The highest BCUT2D eigenvalue weighted by Crippen LogP contribution is 2.33. The lowest BCUT2D eigenvalue weighted by atomic mass is 10.00. The molecule has 0 amide bonds. The van der Waals surface area contributed by atoms with Crippen LogP contribution in [0, 0.1) is 11.6 Å². The van der Waals surface area contributed by atoms with Gasteiger partial charge in [-0.3, -0.25) is 0 Å². The highest BCUT2D eigenvalue weighted by atomic mass is 79.9. The first kappa shape index (κ1) is 14.0. The van der Waals surface area contributed by atoms with E-state index in [-0.39, 0.29) is 5.56 Å². The van der Waals surface area contributed by atoms with E-state index in [0.29, 0.717) is 11.3 Å². The molecule has 0 fully saturated rings. The van der Waals surface area contributed by atoms with E-state index in [2.05, 4.69) is 15.9 Å². The van der Waals surface area contributed by atoms with Crippen LogP contribution in [0.2, 0.25) is 0 Å². The Balaban J connectivity index is 2.49. The van der Waals surface area contributed by atoms with E-state index in [1.165, 1.54) is 7.11 Å². The van der Waals surface area contributed by atoms with Gasteiger partial charge in [0.1, 0.15) is 23.5 Å². The molecule has 0 heterocycles. The minimum absolute atomic E-state index is 0.124. The molecular formula is C14H11BrF2O2. The van der Waals surface area contributed by atoms with Crippen LogP contribution in [0.15, 0.2) is 40.9 Å². The lowest BCUT2D eigenvalue weighted by molar-refractivity contribution is 0.209. The van der Waals surface area contributed by atoms with Gasteiger partial charge in [-0.05, 0) is 30.3 Å². The fourth-order valence-corrected chi connectivity index (χ4v) is 2.14. The Kier molecular flexibility index (Phi) is 4.17. The Morgan fingerprint density at radius 2 is 1.84 bits per heavy atom. The number of rotatable bonds is 3. The zero-order chi connectivity index (χ0) is 14.0. The van der Waals surface area contributed by atoms with Gasteiger partial charge < -0.3 is 9.84 Å². The van der Waals surface area contributed by atoms with Gasteiger partial charge in [-0.1, -0.05) is 22.0 Å². The molecule has 0 spiro atoms. The predicted octanol–water partition coefficient (Wildman–Crippen LogP) is 3.82. The Hall–Kier alpha value is -1.46. The molecule has 2 aromatic carbocycles. The van der Waals surface area contributed by atoms with Gasteiger partial charge in [0, 0.05) is 15.6 Å². The molecule has 0 saturated heterocycles. The summed E-state index contributed by atoms with van der Waals surface area (Å²) in [7, 11) is 1.44. The summed E-state index contributed by atoms with van der Waals surface area (Å²) >= 11 is 3.27. The van der Waals surface area contributed by atoms with Gasteiger partial charge >= 0.3 is 0 Å². The number of halogens is 3. The molecule has 0 bridgehead atoms. The molecule has 0 aliphatic rings. The van der Waals surface area contributed by atoms with Crippen LogP contribution in [0.4, 0.5) is 8.78 Å². The largest absolute Gasteiger partial charge is 0.496 e. The fourth-order valence-electron chi connectivity index (χ4n) is 1.80. The lowest BCUT2D eigenvalue weighted by Crippen LogP contribution is -2.05. The topological polar surface area (TPSA) is 29.5 Å². The molecule has 1 atom stereocenters. The van der Waals surface area contributed by atoms with Crippen LogP contribution in [0.1, 0.15) is 17.2 Å². The summed E-state index contributed by atoms with van der Waals surface area (Å²) in [6.07, 6.45) is -1.29. The number of aliphatic hydroxyl groups excluding tert-OH is 1. The third-order valence-electron chi connectivity index (χ3n) is 2.74. The maximum Gasteiger partial charge on any atom is 0.129 e. The molecule has 1 N–H and O–H groups in total. The van der Waals surface area contributed by atoms with Gasteiger partial charge in [0.25, 0.3) is 0 Å². The Bertz CT molecular complexity index is 602. The summed E-state index contributed by atoms with van der Waals surface area (Å²) < 4.78 is 32.7. The Morgan fingerprint density at radius 1 is 1.11 bits per heavy atom. The van der Waals surface area contributed by atoms with E-state index >= 15 is 0 Å².